The van der Waals surface area contributed by atoms with Crippen LogP contribution in [0.1, 0.15) is 0 Å². The van der Waals surface area contributed by atoms with Gasteiger partial charge >= 0.3 is 0 Å². The fraction of sp³-hybridized carbons (Fsp3) is 0. The minimum absolute atomic E-state index is 0.918. The molecule has 0 unspecified atom stereocenters. The Hall–Kier alpha value is -6.22. The van der Waals surface area contributed by atoms with E-state index in [1.54, 1.807) is 0 Å². The zero-order chi connectivity index (χ0) is 32.8. The van der Waals surface area contributed by atoms with Crippen molar-refractivity contribution in [2.45, 2.75) is 0 Å². The van der Waals surface area contributed by atoms with Crippen LogP contribution in [0.5, 0.6) is 0 Å². The molecule has 50 heavy (non-hydrogen) atoms. The molecular weight excluding hydrogens is 625 g/mol. The molecule has 2 heteroatoms. The van der Waals surface area contributed by atoms with E-state index in [9.17, 15) is 0 Å². The van der Waals surface area contributed by atoms with Gasteiger partial charge < -0.3 is 4.42 Å². The largest absolute Gasteiger partial charge is 0.456 e. The molecule has 0 bridgehead atoms. The van der Waals surface area contributed by atoms with E-state index in [1.807, 2.05) is 11.3 Å². The molecule has 0 atom stereocenters. The summed E-state index contributed by atoms with van der Waals surface area (Å²) in [6.45, 7) is 0. The molecule has 11 aromatic rings. The van der Waals surface area contributed by atoms with Crippen LogP contribution in [-0.4, -0.2) is 0 Å². The van der Waals surface area contributed by atoms with Crippen LogP contribution >= 0.6 is 11.3 Å². The molecule has 9 aromatic carbocycles. The topological polar surface area (TPSA) is 13.1 Å². The summed E-state index contributed by atoms with van der Waals surface area (Å²) in [4.78, 5) is 0. The van der Waals surface area contributed by atoms with Crippen molar-refractivity contribution < 1.29 is 4.42 Å². The van der Waals surface area contributed by atoms with Crippen LogP contribution in [0.25, 0.3) is 108 Å². The summed E-state index contributed by atoms with van der Waals surface area (Å²) in [5, 5.41) is 12.6. The van der Waals surface area contributed by atoms with Gasteiger partial charge in [-0.25, -0.2) is 0 Å². The Bertz CT molecular complexity index is 3070. The molecule has 232 valence electrons. The number of hydrogen-bond donors (Lipinski definition) is 0. The fourth-order valence-corrected chi connectivity index (χ4v) is 9.50. The minimum Gasteiger partial charge on any atom is -0.456 e. The first-order chi connectivity index (χ1) is 24.8. The number of rotatable bonds is 3. The lowest BCUT2D eigenvalue weighted by atomic mass is 9.85. The molecule has 0 saturated heterocycles. The van der Waals surface area contributed by atoms with E-state index in [-0.39, 0.29) is 0 Å². The first kappa shape index (κ1) is 27.7. The monoisotopic (exact) mass is 652 g/mol. The lowest BCUT2D eigenvalue weighted by molar-refractivity contribution is 0.669. The highest BCUT2D eigenvalue weighted by Crippen LogP contribution is 2.47. The van der Waals surface area contributed by atoms with Gasteiger partial charge in [-0.2, -0.15) is 0 Å². The van der Waals surface area contributed by atoms with Crippen LogP contribution in [0.4, 0.5) is 0 Å². The molecule has 0 amide bonds. The molecule has 0 fully saturated rings. The van der Waals surface area contributed by atoms with Gasteiger partial charge in [0, 0.05) is 30.9 Å². The van der Waals surface area contributed by atoms with Crippen LogP contribution in [-0.2, 0) is 0 Å². The number of hydrogen-bond acceptors (Lipinski definition) is 2. The molecular formula is C48H28OS. The highest BCUT2D eigenvalue weighted by atomic mass is 32.1. The summed E-state index contributed by atoms with van der Waals surface area (Å²) in [5.74, 6) is 0. The van der Waals surface area contributed by atoms with Gasteiger partial charge in [0.25, 0.3) is 0 Å². The summed E-state index contributed by atoms with van der Waals surface area (Å²) in [6.07, 6.45) is 0. The van der Waals surface area contributed by atoms with Gasteiger partial charge in [0.1, 0.15) is 11.2 Å². The van der Waals surface area contributed by atoms with Gasteiger partial charge in [-0.1, -0.05) is 140 Å². The van der Waals surface area contributed by atoms with E-state index >= 15 is 0 Å². The molecule has 1 nitrogen and oxygen atoms in total. The molecule has 0 aliphatic rings. The van der Waals surface area contributed by atoms with E-state index in [0.717, 1.165) is 22.1 Å². The Morgan fingerprint density at radius 3 is 1.62 bits per heavy atom. The van der Waals surface area contributed by atoms with Crippen molar-refractivity contribution in [1.29, 1.82) is 0 Å². The molecule has 0 saturated carbocycles. The van der Waals surface area contributed by atoms with Gasteiger partial charge in [0.05, 0.1) is 0 Å². The number of benzene rings is 9. The number of thiophene rings is 1. The van der Waals surface area contributed by atoms with Crippen molar-refractivity contribution >= 4 is 85.8 Å². The second-order valence-corrected chi connectivity index (χ2v) is 14.2. The average Bonchev–Trinajstić information content (AvgIpc) is 3.75. The molecule has 0 aliphatic heterocycles. The second-order valence-electron chi connectivity index (χ2n) is 13.2. The zero-order valence-electron chi connectivity index (χ0n) is 27.0. The van der Waals surface area contributed by atoms with E-state index in [1.165, 1.54) is 85.7 Å². The van der Waals surface area contributed by atoms with Crippen molar-refractivity contribution in [1.82, 2.24) is 0 Å². The fourth-order valence-electron chi connectivity index (χ4n) is 8.23. The van der Waals surface area contributed by atoms with Gasteiger partial charge in [0.15, 0.2) is 0 Å². The van der Waals surface area contributed by atoms with Crippen molar-refractivity contribution in [3.8, 4) is 33.4 Å². The maximum Gasteiger partial charge on any atom is 0.136 e. The van der Waals surface area contributed by atoms with Gasteiger partial charge in [-0.15, -0.1) is 11.3 Å². The second kappa shape index (κ2) is 10.6. The maximum absolute atomic E-state index is 6.68. The summed E-state index contributed by atoms with van der Waals surface area (Å²) < 4.78 is 9.28. The van der Waals surface area contributed by atoms with Crippen LogP contribution in [0, 0.1) is 0 Å². The van der Waals surface area contributed by atoms with Gasteiger partial charge in [-0.05, 0) is 96.0 Å². The predicted molar refractivity (Wildman–Crippen MR) is 215 cm³/mol. The molecule has 2 heterocycles. The quantitative estimate of drug-likeness (QED) is 0.173. The molecule has 0 spiro atoms. The van der Waals surface area contributed by atoms with Crippen LogP contribution in [0.3, 0.4) is 0 Å². The normalized spacial score (nSPS) is 12.0. The van der Waals surface area contributed by atoms with Crippen LogP contribution in [0.15, 0.2) is 174 Å². The molecule has 0 aliphatic carbocycles. The Morgan fingerprint density at radius 2 is 0.900 bits per heavy atom. The van der Waals surface area contributed by atoms with E-state index in [2.05, 4.69) is 170 Å². The van der Waals surface area contributed by atoms with E-state index < -0.39 is 0 Å². The maximum atomic E-state index is 6.68. The minimum atomic E-state index is 0.918. The first-order valence-electron chi connectivity index (χ1n) is 17.1. The average molecular weight is 653 g/mol. The lowest BCUT2D eigenvalue weighted by Gasteiger charge is -2.18. The third-order valence-corrected chi connectivity index (χ3v) is 11.7. The highest BCUT2D eigenvalue weighted by Gasteiger charge is 2.20. The van der Waals surface area contributed by atoms with E-state index in [0.29, 0.717) is 0 Å². The Morgan fingerprint density at radius 1 is 0.340 bits per heavy atom. The molecule has 0 N–H and O–H groups in total. The summed E-state index contributed by atoms with van der Waals surface area (Å²) in [6, 6.07) is 61.8. The smallest absolute Gasteiger partial charge is 0.136 e. The van der Waals surface area contributed by atoms with Crippen molar-refractivity contribution in [3.05, 3.63) is 170 Å². The standard InChI is InChI=1S/C48H28OS/c1-2-10-29(11-3-1)30-18-20-32(21-19-30)44-35-14-6-8-16-37(35)45(38-17-9-7-15-36(38)44)33-22-24-39-42(28-33)49-41-26-25-40-46-34-13-5-4-12-31(34)23-27-43(46)50-48(40)47(39)41/h1-28H. The molecule has 0 radical (unpaired) electrons. The third-order valence-electron chi connectivity index (χ3n) is 10.5. The van der Waals surface area contributed by atoms with Gasteiger partial charge in [0.2, 0.25) is 0 Å². The zero-order valence-corrected chi connectivity index (χ0v) is 27.8. The van der Waals surface area contributed by atoms with Crippen LogP contribution in [0.2, 0.25) is 0 Å². The highest BCUT2D eigenvalue weighted by molar-refractivity contribution is 7.27. The van der Waals surface area contributed by atoms with Crippen LogP contribution < -0.4 is 0 Å². The third kappa shape index (κ3) is 4.00. The van der Waals surface area contributed by atoms with Crippen molar-refractivity contribution in [2.24, 2.45) is 0 Å². The van der Waals surface area contributed by atoms with Gasteiger partial charge in [-0.3, -0.25) is 0 Å². The summed E-state index contributed by atoms with van der Waals surface area (Å²) in [7, 11) is 0. The first-order valence-corrected chi connectivity index (χ1v) is 17.9. The summed E-state index contributed by atoms with van der Waals surface area (Å²) >= 11 is 1.87. The lowest BCUT2D eigenvalue weighted by Crippen LogP contribution is -1.91. The Kier molecular flexibility index (Phi) is 5.89. The SMILES string of the molecule is c1ccc(-c2ccc(-c3c4ccccc4c(-c4ccc5c(c4)oc4ccc6c(sc7ccc8ccccc8c76)c45)c4ccccc34)cc2)cc1. The Balaban J connectivity index is 1.13. The van der Waals surface area contributed by atoms with E-state index in [4.69, 9.17) is 4.42 Å². The molecule has 11 rings (SSSR count). The number of fused-ring (bicyclic) bond motifs is 11. The number of furan rings is 1. The summed E-state index contributed by atoms with van der Waals surface area (Å²) in [5.41, 5.74) is 9.19. The Labute approximate surface area is 292 Å². The molecule has 2 aromatic heterocycles. The van der Waals surface area contributed by atoms with Crippen molar-refractivity contribution in [2.75, 3.05) is 0 Å². The predicted octanol–water partition coefficient (Wildman–Crippen LogP) is 14.4. The van der Waals surface area contributed by atoms with Crippen molar-refractivity contribution in [3.63, 3.8) is 0 Å².